The number of rotatable bonds is 4. The van der Waals surface area contributed by atoms with E-state index in [-0.39, 0.29) is 17.1 Å². The third kappa shape index (κ3) is 4.19. The Labute approximate surface area is 127 Å². The molecule has 0 saturated carbocycles. The topological polar surface area (TPSA) is 95.6 Å². The summed E-state index contributed by atoms with van der Waals surface area (Å²) in [5.74, 6) is -0.776. The Morgan fingerprint density at radius 1 is 1.10 bits per heavy atom. The summed E-state index contributed by atoms with van der Waals surface area (Å²) in [5, 5.41) is 21.4. The van der Waals surface area contributed by atoms with Gasteiger partial charge >= 0.3 is 0 Å². The van der Waals surface area contributed by atoms with Crippen LogP contribution in [0.3, 0.4) is 0 Å². The lowest BCUT2D eigenvalue weighted by Gasteiger charge is -2.07. The molecule has 0 aliphatic rings. The molecule has 0 fully saturated rings. The summed E-state index contributed by atoms with van der Waals surface area (Å²) in [7, 11) is 0. The third-order valence-electron chi connectivity index (χ3n) is 2.75. The quantitative estimate of drug-likeness (QED) is 0.649. The third-order valence-corrected chi connectivity index (χ3v) is 2.90. The first-order chi connectivity index (χ1) is 9.94. The maximum absolute atomic E-state index is 12.0. The second-order valence-electron chi connectivity index (χ2n) is 4.53. The van der Waals surface area contributed by atoms with E-state index >= 15 is 0 Å². The monoisotopic (exact) mass is 302 g/mol. The number of hydrogen-bond donors (Lipinski definition) is 4. The predicted molar refractivity (Wildman–Crippen MR) is 84.7 cm³/mol. The van der Waals surface area contributed by atoms with Crippen LogP contribution < -0.4 is 11.1 Å². The Hall–Kier alpha value is -2.60. The van der Waals surface area contributed by atoms with E-state index in [1.165, 1.54) is 12.1 Å². The summed E-state index contributed by atoms with van der Waals surface area (Å²) in [5.41, 5.74) is 7.17. The van der Waals surface area contributed by atoms with Gasteiger partial charge in [0.1, 0.15) is 11.5 Å². The lowest BCUT2D eigenvalue weighted by molar-refractivity contribution is 0.102. The van der Waals surface area contributed by atoms with Gasteiger partial charge in [-0.15, -0.1) is 0 Å². The first-order valence-corrected chi connectivity index (χ1v) is 6.56. The summed E-state index contributed by atoms with van der Waals surface area (Å²) >= 11 is 4.83. The highest BCUT2D eigenvalue weighted by atomic mass is 32.1. The number of benzene rings is 2. The minimum atomic E-state index is -0.428. The highest BCUT2D eigenvalue weighted by Crippen LogP contribution is 2.21. The molecule has 0 aliphatic heterocycles. The molecule has 21 heavy (non-hydrogen) atoms. The van der Waals surface area contributed by atoms with Crippen LogP contribution in [0.2, 0.25) is 0 Å². The molecule has 2 rings (SSSR count). The predicted octanol–water partition coefficient (Wildman–Crippen LogP) is 2.18. The first kappa shape index (κ1) is 14.8. The molecular formula is C15H14N2O3S. The van der Waals surface area contributed by atoms with Crippen LogP contribution in [-0.4, -0.2) is 21.1 Å². The molecule has 2 aromatic rings. The SMILES string of the molecule is NC(=S)Cc1ccc(NC(=O)c2cc(O)cc(O)c2)cc1. The second-order valence-corrected chi connectivity index (χ2v) is 5.06. The van der Waals surface area contributed by atoms with Crippen molar-refractivity contribution in [3.8, 4) is 11.5 Å². The van der Waals surface area contributed by atoms with Gasteiger partial charge < -0.3 is 21.3 Å². The maximum Gasteiger partial charge on any atom is 0.255 e. The average molecular weight is 302 g/mol. The minimum absolute atomic E-state index is 0.166. The number of carbonyl (C=O) groups excluding carboxylic acids is 1. The van der Waals surface area contributed by atoms with Gasteiger partial charge in [-0.2, -0.15) is 0 Å². The Bertz CT molecular complexity index is 664. The van der Waals surface area contributed by atoms with E-state index < -0.39 is 5.91 Å². The van der Waals surface area contributed by atoms with E-state index in [0.29, 0.717) is 17.1 Å². The van der Waals surface area contributed by atoms with Crippen LogP contribution in [0.25, 0.3) is 0 Å². The number of amides is 1. The van der Waals surface area contributed by atoms with Crippen molar-refractivity contribution in [3.05, 3.63) is 53.6 Å². The van der Waals surface area contributed by atoms with Crippen molar-refractivity contribution in [3.63, 3.8) is 0 Å². The highest BCUT2D eigenvalue weighted by Gasteiger charge is 2.09. The van der Waals surface area contributed by atoms with Crippen molar-refractivity contribution in [1.29, 1.82) is 0 Å². The Balaban J connectivity index is 2.10. The number of aromatic hydroxyl groups is 2. The van der Waals surface area contributed by atoms with Gasteiger partial charge in [0.05, 0.1) is 4.99 Å². The zero-order valence-electron chi connectivity index (χ0n) is 11.0. The van der Waals surface area contributed by atoms with Gasteiger partial charge in [0.2, 0.25) is 0 Å². The van der Waals surface area contributed by atoms with E-state index in [9.17, 15) is 15.0 Å². The number of hydrogen-bond acceptors (Lipinski definition) is 4. The molecule has 108 valence electrons. The van der Waals surface area contributed by atoms with Crippen LogP contribution in [0.15, 0.2) is 42.5 Å². The van der Waals surface area contributed by atoms with E-state index in [0.717, 1.165) is 11.6 Å². The van der Waals surface area contributed by atoms with Crippen LogP contribution in [0.1, 0.15) is 15.9 Å². The maximum atomic E-state index is 12.0. The molecule has 0 aromatic heterocycles. The van der Waals surface area contributed by atoms with Crippen LogP contribution in [0, 0.1) is 0 Å². The summed E-state index contributed by atoms with van der Waals surface area (Å²) in [6, 6.07) is 10.8. The molecule has 0 radical (unpaired) electrons. The Morgan fingerprint density at radius 2 is 1.67 bits per heavy atom. The minimum Gasteiger partial charge on any atom is -0.508 e. The second kappa shape index (κ2) is 6.23. The van der Waals surface area contributed by atoms with Crippen molar-refractivity contribution in [1.82, 2.24) is 0 Å². The molecule has 0 unspecified atom stereocenters. The van der Waals surface area contributed by atoms with E-state index in [1.54, 1.807) is 12.1 Å². The molecule has 0 saturated heterocycles. The smallest absolute Gasteiger partial charge is 0.255 e. The van der Waals surface area contributed by atoms with Crippen molar-refractivity contribution >= 4 is 28.8 Å². The number of nitrogens with one attached hydrogen (secondary N) is 1. The van der Waals surface area contributed by atoms with Crippen LogP contribution in [0.4, 0.5) is 5.69 Å². The number of thiocarbonyl (C=S) groups is 1. The normalized spacial score (nSPS) is 10.1. The van der Waals surface area contributed by atoms with Gasteiger partial charge in [-0.3, -0.25) is 4.79 Å². The summed E-state index contributed by atoms with van der Waals surface area (Å²) in [4.78, 5) is 12.4. The Morgan fingerprint density at radius 3 is 2.19 bits per heavy atom. The molecule has 0 aliphatic carbocycles. The van der Waals surface area contributed by atoms with Crippen molar-refractivity contribution < 1.29 is 15.0 Å². The lowest BCUT2D eigenvalue weighted by Crippen LogP contribution is -2.12. The zero-order chi connectivity index (χ0) is 15.4. The van der Waals surface area contributed by atoms with E-state index in [2.05, 4.69) is 5.32 Å². The summed E-state index contributed by atoms with van der Waals surface area (Å²) in [6.07, 6.45) is 0.504. The van der Waals surface area contributed by atoms with Gasteiger partial charge in [0.25, 0.3) is 5.91 Å². The standard InChI is InChI=1S/C15H14N2O3S/c16-14(21)5-9-1-3-11(4-2-9)17-15(20)10-6-12(18)8-13(19)7-10/h1-4,6-8,18-19H,5H2,(H2,16,21)(H,17,20). The first-order valence-electron chi connectivity index (χ1n) is 6.15. The van der Waals surface area contributed by atoms with Crippen LogP contribution in [-0.2, 0) is 6.42 Å². The van der Waals surface area contributed by atoms with Crippen LogP contribution >= 0.6 is 12.2 Å². The van der Waals surface area contributed by atoms with Crippen LogP contribution in [0.5, 0.6) is 11.5 Å². The number of anilines is 1. The fraction of sp³-hybridized carbons (Fsp3) is 0.0667. The fourth-order valence-corrected chi connectivity index (χ4v) is 2.00. The molecule has 0 heterocycles. The molecule has 6 heteroatoms. The summed E-state index contributed by atoms with van der Waals surface area (Å²) < 4.78 is 0. The largest absolute Gasteiger partial charge is 0.508 e. The lowest BCUT2D eigenvalue weighted by atomic mass is 10.1. The molecule has 1 amide bonds. The number of nitrogens with two attached hydrogens (primary N) is 1. The van der Waals surface area contributed by atoms with Gasteiger partial charge in [-0.05, 0) is 29.8 Å². The van der Waals surface area contributed by atoms with Crippen molar-refractivity contribution in [2.24, 2.45) is 5.73 Å². The van der Waals surface area contributed by atoms with Crippen molar-refractivity contribution in [2.75, 3.05) is 5.32 Å². The molecule has 5 N–H and O–H groups in total. The van der Waals surface area contributed by atoms with Gasteiger partial charge in [0.15, 0.2) is 0 Å². The highest BCUT2D eigenvalue weighted by molar-refractivity contribution is 7.80. The van der Waals surface area contributed by atoms with Gasteiger partial charge in [-0.25, -0.2) is 0 Å². The number of phenolic OH excluding ortho intramolecular Hbond substituents is 2. The zero-order valence-corrected chi connectivity index (χ0v) is 11.9. The number of carbonyl (C=O) groups is 1. The molecule has 0 bridgehead atoms. The molecule has 5 nitrogen and oxygen atoms in total. The van der Waals surface area contributed by atoms with E-state index in [4.69, 9.17) is 18.0 Å². The molecule has 2 aromatic carbocycles. The molecule has 0 spiro atoms. The molecule has 0 atom stereocenters. The Kier molecular flexibility index (Phi) is 4.39. The van der Waals surface area contributed by atoms with E-state index in [1.807, 2.05) is 12.1 Å². The fourth-order valence-electron chi connectivity index (χ4n) is 1.84. The molecular weight excluding hydrogens is 288 g/mol. The van der Waals surface area contributed by atoms with Gasteiger partial charge in [0, 0.05) is 23.7 Å². The summed E-state index contributed by atoms with van der Waals surface area (Å²) in [6.45, 7) is 0. The van der Waals surface area contributed by atoms with Crippen molar-refractivity contribution in [2.45, 2.75) is 6.42 Å². The average Bonchev–Trinajstić information content (AvgIpc) is 2.39. The number of phenols is 2. The van der Waals surface area contributed by atoms with Gasteiger partial charge in [-0.1, -0.05) is 24.4 Å².